The van der Waals surface area contributed by atoms with E-state index in [-0.39, 0.29) is 0 Å². The zero-order valence-electron chi connectivity index (χ0n) is 12.8. The van der Waals surface area contributed by atoms with Crippen LogP contribution in [0.5, 0.6) is 0 Å². The first-order valence-electron chi connectivity index (χ1n) is 7.14. The number of hydrogen-bond acceptors (Lipinski definition) is 4. The molecule has 0 atom stereocenters. The van der Waals surface area contributed by atoms with Crippen molar-refractivity contribution in [2.75, 3.05) is 12.4 Å². The Morgan fingerprint density at radius 3 is 2.43 bits per heavy atom. The summed E-state index contributed by atoms with van der Waals surface area (Å²) in [6.45, 7) is 6.50. The summed E-state index contributed by atoms with van der Waals surface area (Å²) in [6, 6.07) is 10.7. The summed E-state index contributed by atoms with van der Waals surface area (Å²) in [6.07, 6.45) is 0. The van der Waals surface area contributed by atoms with Gasteiger partial charge < -0.3 is 5.32 Å². The second-order valence-corrected chi connectivity index (χ2v) is 6.73. The van der Waals surface area contributed by atoms with Gasteiger partial charge in [-0.2, -0.15) is 0 Å². The number of fused-ring (bicyclic) bond motifs is 1. The van der Waals surface area contributed by atoms with Gasteiger partial charge in [0.1, 0.15) is 10.6 Å². The molecular formula is C17H19N3S. The van der Waals surface area contributed by atoms with Crippen LogP contribution in [0, 0.1) is 6.92 Å². The van der Waals surface area contributed by atoms with Gasteiger partial charge in [-0.3, -0.25) is 0 Å². The van der Waals surface area contributed by atoms with Crippen LogP contribution >= 0.6 is 11.3 Å². The van der Waals surface area contributed by atoms with Crippen molar-refractivity contribution in [2.24, 2.45) is 0 Å². The van der Waals surface area contributed by atoms with Crippen molar-refractivity contribution in [2.45, 2.75) is 26.7 Å². The number of nitrogens with zero attached hydrogens (tertiary/aromatic N) is 2. The molecule has 0 aliphatic carbocycles. The van der Waals surface area contributed by atoms with E-state index in [0.717, 1.165) is 27.4 Å². The summed E-state index contributed by atoms with van der Waals surface area (Å²) < 4.78 is 0. The topological polar surface area (TPSA) is 37.8 Å². The van der Waals surface area contributed by atoms with Crippen molar-refractivity contribution in [3.05, 3.63) is 40.8 Å². The van der Waals surface area contributed by atoms with E-state index in [1.165, 1.54) is 10.4 Å². The molecule has 0 amide bonds. The van der Waals surface area contributed by atoms with Gasteiger partial charge in [0, 0.05) is 17.5 Å². The van der Waals surface area contributed by atoms with Gasteiger partial charge in [-0.25, -0.2) is 9.97 Å². The normalized spacial score (nSPS) is 11.3. The van der Waals surface area contributed by atoms with Crippen LogP contribution in [0.2, 0.25) is 0 Å². The number of anilines is 1. The highest BCUT2D eigenvalue weighted by molar-refractivity contribution is 7.18. The first kappa shape index (κ1) is 14.0. The van der Waals surface area contributed by atoms with Crippen LogP contribution in [-0.2, 0) is 0 Å². The number of rotatable bonds is 3. The molecule has 0 aliphatic heterocycles. The average Bonchev–Trinajstić information content (AvgIpc) is 2.86. The maximum Gasteiger partial charge on any atom is 0.163 e. The second kappa shape index (κ2) is 5.45. The molecule has 2 heterocycles. The fraction of sp³-hybridized carbons (Fsp3) is 0.294. The molecule has 0 saturated carbocycles. The zero-order chi connectivity index (χ0) is 15.0. The van der Waals surface area contributed by atoms with Gasteiger partial charge in [0.2, 0.25) is 0 Å². The smallest absolute Gasteiger partial charge is 0.163 e. The monoisotopic (exact) mass is 297 g/mol. The molecule has 3 nitrogen and oxygen atoms in total. The van der Waals surface area contributed by atoms with Crippen LogP contribution in [0.1, 0.15) is 30.2 Å². The van der Waals surface area contributed by atoms with Gasteiger partial charge in [-0.1, -0.05) is 38.1 Å². The number of benzene rings is 1. The van der Waals surface area contributed by atoms with Crippen molar-refractivity contribution < 1.29 is 0 Å². The van der Waals surface area contributed by atoms with E-state index < -0.39 is 0 Å². The lowest BCUT2D eigenvalue weighted by atomic mass is 10.0. The minimum atomic E-state index is 0.537. The Kier molecular flexibility index (Phi) is 3.64. The highest BCUT2D eigenvalue weighted by atomic mass is 32.1. The first-order valence-corrected chi connectivity index (χ1v) is 7.96. The molecule has 4 heteroatoms. The van der Waals surface area contributed by atoms with E-state index in [0.29, 0.717) is 5.92 Å². The molecule has 3 rings (SSSR count). The van der Waals surface area contributed by atoms with Crippen molar-refractivity contribution in [3.8, 4) is 11.4 Å². The van der Waals surface area contributed by atoms with Gasteiger partial charge in [0.05, 0.1) is 5.39 Å². The lowest BCUT2D eigenvalue weighted by molar-refractivity contribution is 0.867. The third-order valence-electron chi connectivity index (χ3n) is 3.59. The highest BCUT2D eigenvalue weighted by Gasteiger charge is 2.11. The third kappa shape index (κ3) is 2.63. The minimum Gasteiger partial charge on any atom is -0.372 e. The van der Waals surface area contributed by atoms with Crippen LogP contribution in [0.4, 0.5) is 5.82 Å². The summed E-state index contributed by atoms with van der Waals surface area (Å²) >= 11 is 1.71. The van der Waals surface area contributed by atoms with Gasteiger partial charge in [0.15, 0.2) is 5.82 Å². The van der Waals surface area contributed by atoms with Crippen LogP contribution < -0.4 is 5.32 Å². The Bertz CT molecular complexity index is 773. The van der Waals surface area contributed by atoms with E-state index in [1.807, 2.05) is 7.05 Å². The average molecular weight is 297 g/mol. The number of aromatic nitrogens is 2. The lowest BCUT2D eigenvalue weighted by Gasteiger charge is -2.08. The highest BCUT2D eigenvalue weighted by Crippen LogP contribution is 2.31. The van der Waals surface area contributed by atoms with E-state index >= 15 is 0 Å². The zero-order valence-corrected chi connectivity index (χ0v) is 13.6. The van der Waals surface area contributed by atoms with Crippen LogP contribution in [-0.4, -0.2) is 17.0 Å². The van der Waals surface area contributed by atoms with Crippen molar-refractivity contribution >= 4 is 27.4 Å². The largest absolute Gasteiger partial charge is 0.372 e. The van der Waals surface area contributed by atoms with E-state index in [2.05, 4.69) is 61.4 Å². The number of aryl methyl sites for hydroxylation is 1. The predicted molar refractivity (Wildman–Crippen MR) is 91.2 cm³/mol. The molecule has 1 N–H and O–H groups in total. The van der Waals surface area contributed by atoms with Crippen LogP contribution in [0.15, 0.2) is 30.3 Å². The molecule has 0 spiro atoms. The second-order valence-electron chi connectivity index (χ2n) is 5.50. The Balaban J connectivity index is 2.11. The summed E-state index contributed by atoms with van der Waals surface area (Å²) in [5.41, 5.74) is 2.39. The Hall–Kier alpha value is -1.94. The molecule has 0 bridgehead atoms. The standard InChI is InChI=1S/C17H19N3S/c1-10(2)12-5-7-13(8-6-12)15-19-16(18-4)14-9-11(3)21-17(14)20-15/h5-10H,1-4H3,(H,18,19,20). The van der Waals surface area contributed by atoms with Crippen LogP contribution in [0.25, 0.3) is 21.6 Å². The van der Waals surface area contributed by atoms with Gasteiger partial charge in [-0.15, -0.1) is 11.3 Å². The molecule has 3 aromatic rings. The summed E-state index contributed by atoms with van der Waals surface area (Å²) in [4.78, 5) is 11.7. The predicted octanol–water partition coefficient (Wildman–Crippen LogP) is 4.83. The summed E-state index contributed by atoms with van der Waals surface area (Å²) in [5.74, 6) is 2.21. The molecule has 0 unspecified atom stereocenters. The molecule has 21 heavy (non-hydrogen) atoms. The van der Waals surface area contributed by atoms with Crippen molar-refractivity contribution in [1.82, 2.24) is 9.97 Å². The molecule has 0 radical (unpaired) electrons. The Labute approximate surface area is 129 Å². The van der Waals surface area contributed by atoms with Crippen molar-refractivity contribution in [1.29, 1.82) is 0 Å². The SMILES string of the molecule is CNc1nc(-c2ccc(C(C)C)cc2)nc2sc(C)cc12. The molecule has 1 aromatic carbocycles. The number of thiophene rings is 1. The minimum absolute atomic E-state index is 0.537. The summed E-state index contributed by atoms with van der Waals surface area (Å²) in [5, 5.41) is 4.28. The van der Waals surface area contributed by atoms with Crippen molar-refractivity contribution in [3.63, 3.8) is 0 Å². The third-order valence-corrected chi connectivity index (χ3v) is 4.53. The maximum absolute atomic E-state index is 4.72. The molecular weight excluding hydrogens is 278 g/mol. The van der Waals surface area contributed by atoms with E-state index in [1.54, 1.807) is 11.3 Å². The lowest BCUT2D eigenvalue weighted by Crippen LogP contribution is -1.97. The summed E-state index contributed by atoms with van der Waals surface area (Å²) in [7, 11) is 1.90. The quantitative estimate of drug-likeness (QED) is 0.752. The Morgan fingerprint density at radius 2 is 1.81 bits per heavy atom. The van der Waals surface area contributed by atoms with Gasteiger partial charge >= 0.3 is 0 Å². The molecule has 0 fully saturated rings. The fourth-order valence-electron chi connectivity index (χ4n) is 2.38. The van der Waals surface area contributed by atoms with E-state index in [4.69, 9.17) is 4.98 Å². The molecule has 0 aliphatic rings. The number of hydrogen-bond donors (Lipinski definition) is 1. The van der Waals surface area contributed by atoms with E-state index in [9.17, 15) is 0 Å². The maximum atomic E-state index is 4.72. The molecule has 0 saturated heterocycles. The number of nitrogens with one attached hydrogen (secondary N) is 1. The first-order chi connectivity index (χ1) is 10.1. The molecule has 108 valence electrons. The van der Waals surface area contributed by atoms with Crippen LogP contribution in [0.3, 0.4) is 0 Å². The Morgan fingerprint density at radius 1 is 1.10 bits per heavy atom. The molecule has 2 aromatic heterocycles. The van der Waals surface area contributed by atoms with Gasteiger partial charge in [-0.05, 0) is 24.5 Å². The fourth-order valence-corrected chi connectivity index (χ4v) is 3.26. The van der Waals surface area contributed by atoms with Gasteiger partial charge in [0.25, 0.3) is 0 Å².